The van der Waals surface area contributed by atoms with Crippen molar-refractivity contribution in [1.29, 1.82) is 0 Å². The van der Waals surface area contributed by atoms with E-state index in [1.165, 1.54) is 225 Å². The average Bonchev–Trinajstić information content (AvgIpc) is 0.696. The lowest BCUT2D eigenvalue weighted by Crippen LogP contribution is -2.24. The molecule has 0 amide bonds. The molecule has 0 atom stereocenters. The van der Waals surface area contributed by atoms with Crippen LogP contribution in [0.5, 0.6) is 0 Å². The van der Waals surface area contributed by atoms with Crippen LogP contribution >= 0.6 is 31.9 Å². The summed E-state index contributed by atoms with van der Waals surface area (Å²) in [6.07, 6.45) is 5.53. The number of hydrogen-bond donors (Lipinski definition) is 0. The summed E-state index contributed by atoms with van der Waals surface area (Å²) in [7, 11) is 0. The van der Waals surface area contributed by atoms with Gasteiger partial charge in [0.25, 0.3) is 0 Å². The zero-order valence-corrected chi connectivity index (χ0v) is 72.6. The largest absolute Gasteiger partial charge is 0.309 e. The van der Waals surface area contributed by atoms with Crippen LogP contribution in [0, 0.1) is 69.2 Å². The van der Waals surface area contributed by atoms with Crippen LogP contribution in [0.1, 0.15) is 234 Å². The minimum atomic E-state index is -0.00805. The fourth-order valence-corrected chi connectivity index (χ4v) is 19.0. The summed E-state index contributed by atoms with van der Waals surface area (Å²) in [6, 6.07) is 66.3. The molecule has 0 spiro atoms. The molecule has 108 heavy (non-hydrogen) atoms. The maximum Gasteiger partial charge on any atom is 0.0543 e. The van der Waals surface area contributed by atoms with E-state index in [0.717, 1.165) is 25.7 Å². The summed E-state index contributed by atoms with van der Waals surface area (Å²) in [5.41, 5.74) is 35.3. The first-order valence-corrected chi connectivity index (χ1v) is 41.3. The molecule has 0 N–H and O–H groups in total. The molecule has 14 aromatic carbocycles. The minimum Gasteiger partial charge on any atom is -0.309 e. The topological polar surface area (TPSA) is 6.48 Å². The third kappa shape index (κ3) is 13.8. The Morgan fingerprint density at radius 3 is 1.21 bits per heavy atom. The highest BCUT2D eigenvalue weighted by Crippen LogP contribution is 2.57. The van der Waals surface area contributed by atoms with Gasteiger partial charge >= 0.3 is 0 Å². The lowest BCUT2D eigenvalue weighted by atomic mass is 9.70. The number of nitrogens with zero attached hydrogens (tertiary/aromatic N) is 2. The van der Waals surface area contributed by atoms with Crippen LogP contribution in [-0.4, -0.2) is 0 Å². The van der Waals surface area contributed by atoms with Crippen LogP contribution in [-0.2, 0) is 46.3 Å². The average molecular weight is 1550 g/mol. The van der Waals surface area contributed by atoms with Gasteiger partial charge in [0.2, 0.25) is 0 Å². The van der Waals surface area contributed by atoms with Gasteiger partial charge in [-0.25, -0.2) is 0 Å². The van der Waals surface area contributed by atoms with Crippen LogP contribution in [0.3, 0.4) is 0 Å². The number of hydrogen-bond acceptors (Lipinski definition) is 2. The van der Waals surface area contributed by atoms with E-state index in [0.29, 0.717) is 5.92 Å². The van der Waals surface area contributed by atoms with Gasteiger partial charge in [0, 0.05) is 47.9 Å². The molecule has 0 aromatic heterocycles. The molecule has 2 aliphatic carbocycles. The quantitative estimate of drug-likeness (QED) is 0.133. The second kappa shape index (κ2) is 27.9. The Morgan fingerprint density at radius 2 is 0.704 bits per heavy atom. The van der Waals surface area contributed by atoms with E-state index < -0.39 is 0 Å². The summed E-state index contributed by atoms with van der Waals surface area (Å²) in [5.74, 6) is 0.308. The number of aryl methyl sites for hydroxylation is 12. The normalized spacial score (nSPS) is 14.2. The maximum atomic E-state index is 3.84. The number of halogens is 2. The monoisotopic (exact) mass is 1550 g/mol. The van der Waals surface area contributed by atoms with Gasteiger partial charge in [0.05, 0.1) is 11.4 Å². The van der Waals surface area contributed by atoms with Gasteiger partial charge in [-0.1, -0.05) is 250 Å². The zero-order valence-electron chi connectivity index (χ0n) is 69.4. The van der Waals surface area contributed by atoms with Crippen molar-refractivity contribution in [3.05, 3.63) is 290 Å². The summed E-state index contributed by atoms with van der Waals surface area (Å²) >= 11 is 7.67. The van der Waals surface area contributed by atoms with Crippen molar-refractivity contribution in [1.82, 2.24) is 0 Å². The van der Waals surface area contributed by atoms with Crippen molar-refractivity contribution in [2.75, 3.05) is 9.80 Å². The van der Waals surface area contributed by atoms with E-state index in [4.69, 9.17) is 0 Å². The predicted molar refractivity (Wildman–Crippen MR) is 481 cm³/mol. The molecule has 0 unspecified atom stereocenters. The maximum absolute atomic E-state index is 3.84. The summed E-state index contributed by atoms with van der Waals surface area (Å²) in [5, 5.41) is 16.7. The lowest BCUT2D eigenvalue weighted by Gasteiger charge is -2.38. The third-order valence-corrected chi connectivity index (χ3v) is 26.1. The number of rotatable bonds is 9. The summed E-state index contributed by atoms with van der Waals surface area (Å²) < 4.78 is 2.43. The van der Waals surface area contributed by atoms with Crippen molar-refractivity contribution in [3.63, 3.8) is 0 Å². The van der Waals surface area contributed by atoms with Gasteiger partial charge in [-0.3, -0.25) is 0 Å². The second-order valence-corrected chi connectivity index (χ2v) is 39.1. The molecular weight excluding hydrogens is 1440 g/mol. The Balaban J connectivity index is 0.000000178. The first kappa shape index (κ1) is 76.5. The van der Waals surface area contributed by atoms with Gasteiger partial charge in [-0.2, -0.15) is 0 Å². The molecule has 554 valence electrons. The molecule has 2 aliphatic rings. The lowest BCUT2D eigenvalue weighted by molar-refractivity contribution is 0.475. The number of anilines is 6. The third-order valence-electron chi connectivity index (χ3n) is 24.8. The standard InChI is InChI=1S/C62H70N2.C22H18Br2.C20H26/c1-36(2)48-35-56(64(52-30-38(4)18-20-40(52)6)54-33-45(61(12,13)14)24-22-42(54)8)49-34-50-57-43(27-28-62(50,15)16)31-55(47-26-25-46(48)58(49)59(47)57)63(51-29-37(3)17-19-39(51)5)53-32-44(60(9,10)11)23-21-41(53)7;1-11-8-17(23)15-10-16-19-12(6-7-22(16,2)3)9-18(24)14-5-4-13(11)20(15)21(14)19;1-14-7-8-15(2)17(11-14)12-18-13-19(20(4,5)6)10-9-16(18)3/h17-26,29-36H,27-28H2,1-16H3;4-5,8-10H,6-7H2,1-3H3;7-11,13H,12H2,1-6H3. The van der Waals surface area contributed by atoms with Gasteiger partial charge in [-0.05, 0) is 349 Å². The van der Waals surface area contributed by atoms with Crippen molar-refractivity contribution in [2.45, 2.75) is 238 Å². The molecule has 16 rings (SSSR count). The Morgan fingerprint density at radius 1 is 0.324 bits per heavy atom. The molecule has 0 bridgehead atoms. The number of benzene rings is 14. The fraction of sp³-hybridized carbons (Fsp3) is 0.346. The summed E-state index contributed by atoms with van der Waals surface area (Å²) in [4.78, 5) is 5.27. The van der Waals surface area contributed by atoms with Gasteiger partial charge < -0.3 is 9.80 Å². The molecule has 0 fully saturated rings. The second-order valence-electron chi connectivity index (χ2n) is 37.4. The first-order valence-electron chi connectivity index (χ1n) is 39.7. The highest BCUT2D eigenvalue weighted by Gasteiger charge is 2.37. The highest BCUT2D eigenvalue weighted by molar-refractivity contribution is 9.11. The Hall–Kier alpha value is -8.28. The molecule has 0 saturated heterocycles. The van der Waals surface area contributed by atoms with E-state index >= 15 is 0 Å². The van der Waals surface area contributed by atoms with Gasteiger partial charge in [0.1, 0.15) is 0 Å². The predicted octanol–water partition coefficient (Wildman–Crippen LogP) is 31.5. The van der Waals surface area contributed by atoms with E-state index in [-0.39, 0.29) is 27.1 Å². The Kier molecular flexibility index (Phi) is 19.8. The minimum absolute atomic E-state index is 0.000823. The van der Waals surface area contributed by atoms with E-state index in [1.54, 1.807) is 0 Å². The van der Waals surface area contributed by atoms with Crippen LogP contribution in [0.4, 0.5) is 34.1 Å². The summed E-state index contributed by atoms with van der Waals surface area (Å²) in [6.45, 7) is 57.8. The van der Waals surface area contributed by atoms with Crippen molar-refractivity contribution in [2.24, 2.45) is 0 Å². The van der Waals surface area contributed by atoms with Crippen LogP contribution < -0.4 is 9.80 Å². The molecule has 0 heterocycles. The molecule has 4 heteroatoms. The molecule has 2 nitrogen and oxygen atoms in total. The fourth-order valence-electron chi connectivity index (χ4n) is 17.8. The zero-order chi connectivity index (χ0) is 77.7. The van der Waals surface area contributed by atoms with Crippen LogP contribution in [0.2, 0.25) is 0 Å². The Labute approximate surface area is 663 Å². The SMILES string of the molecule is Cc1cc(Br)c2cc3c4c(cc(Br)c5ccc1c2c54)CCC3(C)C.Cc1ccc(C)c(Cc2cc(C(C)(C)C)ccc2C)c1.Cc1ccc(C)c(N(c2cc(C(C)(C)C)ccc2C)c2cc(C(C)C)c3ccc4c(N(c5cc(C)ccc5C)c5cc(C(C)(C)C)ccc5C)cc5c6c(cc2c3c46)C(C)(C)CC5)c1. The molecule has 0 radical (unpaired) electrons. The van der Waals surface area contributed by atoms with Gasteiger partial charge in [0.15, 0.2) is 0 Å². The molecular formula is C104H114Br2N2. The molecule has 14 aromatic rings. The van der Waals surface area contributed by atoms with Gasteiger partial charge in [-0.15, -0.1) is 0 Å². The van der Waals surface area contributed by atoms with Crippen LogP contribution in [0.25, 0.3) is 64.6 Å². The highest BCUT2D eigenvalue weighted by atomic mass is 79.9. The first-order chi connectivity index (χ1) is 50.7. The Bertz CT molecular complexity index is 5910. The van der Waals surface area contributed by atoms with Crippen molar-refractivity contribution >= 4 is 131 Å². The van der Waals surface area contributed by atoms with Crippen LogP contribution in [0.15, 0.2) is 179 Å². The smallest absolute Gasteiger partial charge is 0.0543 e. The molecule has 0 saturated carbocycles. The van der Waals surface area contributed by atoms with E-state index in [2.05, 4.69) is 385 Å². The van der Waals surface area contributed by atoms with Crippen molar-refractivity contribution in [3.8, 4) is 0 Å². The van der Waals surface area contributed by atoms with Crippen molar-refractivity contribution < 1.29 is 0 Å². The molecule has 0 aliphatic heterocycles. The van der Waals surface area contributed by atoms with E-state index in [1.807, 2.05) is 0 Å². The van der Waals surface area contributed by atoms with E-state index in [9.17, 15) is 0 Å².